The van der Waals surface area contributed by atoms with Crippen LogP contribution in [0.15, 0.2) is 67.0 Å². The van der Waals surface area contributed by atoms with Crippen molar-refractivity contribution in [3.63, 3.8) is 0 Å². The quantitative estimate of drug-likeness (QED) is 0.788. The van der Waals surface area contributed by atoms with Crippen LogP contribution in [0.1, 0.15) is 11.1 Å². The smallest absolute Gasteiger partial charge is 0.316 e. The Kier molecular flexibility index (Phi) is 3.31. The van der Waals surface area contributed by atoms with Crippen molar-refractivity contribution in [2.45, 2.75) is 13.1 Å². The Morgan fingerprint density at radius 3 is 2.30 bits per heavy atom. The highest BCUT2D eigenvalue weighted by Gasteiger charge is 2.23. The number of amides is 2. The molecule has 0 radical (unpaired) electrons. The second kappa shape index (κ2) is 5.61. The molecule has 5 nitrogen and oxygen atoms in total. The van der Waals surface area contributed by atoms with E-state index in [1.807, 2.05) is 48.7 Å². The minimum absolute atomic E-state index is 0.103. The van der Waals surface area contributed by atoms with Gasteiger partial charge in [0.25, 0.3) is 0 Å². The average molecular weight is 304 g/mol. The maximum atomic E-state index is 12.4. The minimum atomic E-state index is -0.103. The minimum Gasteiger partial charge on any atom is -0.316 e. The second-order valence-corrected chi connectivity index (χ2v) is 5.56. The first-order chi connectivity index (χ1) is 11.3. The lowest BCUT2D eigenvalue weighted by Gasteiger charge is -2.15. The zero-order valence-electron chi connectivity index (χ0n) is 12.5. The molecule has 0 saturated carbocycles. The van der Waals surface area contributed by atoms with Crippen LogP contribution in [-0.2, 0) is 13.1 Å². The van der Waals surface area contributed by atoms with Crippen molar-refractivity contribution in [2.24, 2.45) is 0 Å². The van der Waals surface area contributed by atoms with E-state index in [1.54, 1.807) is 15.8 Å². The van der Waals surface area contributed by atoms with Gasteiger partial charge < -0.3 is 10.2 Å². The summed E-state index contributed by atoms with van der Waals surface area (Å²) in [6.07, 6.45) is 3.48. The van der Waals surface area contributed by atoms with Gasteiger partial charge in [0.15, 0.2) is 0 Å². The normalized spacial score (nSPS) is 13.0. The van der Waals surface area contributed by atoms with Gasteiger partial charge in [0.1, 0.15) is 0 Å². The number of nitrogens with zero attached hydrogens (tertiary/aromatic N) is 3. The fraction of sp³-hybridized carbons (Fsp3) is 0.111. The van der Waals surface area contributed by atoms with E-state index in [9.17, 15) is 4.79 Å². The molecule has 5 heteroatoms. The molecule has 0 aliphatic carbocycles. The number of anilines is 1. The Bertz CT molecular complexity index is 816. The van der Waals surface area contributed by atoms with E-state index in [2.05, 4.69) is 22.5 Å². The molecule has 114 valence electrons. The number of rotatable bonds is 2. The first-order valence-corrected chi connectivity index (χ1v) is 7.52. The summed E-state index contributed by atoms with van der Waals surface area (Å²) in [6, 6.07) is 17.8. The zero-order valence-corrected chi connectivity index (χ0v) is 12.5. The summed E-state index contributed by atoms with van der Waals surface area (Å²) in [6.45, 7) is 1.30. The SMILES string of the molecule is O=C(Nc1cnn(-c2ccccc2)c1)N1Cc2ccccc2C1. The lowest BCUT2D eigenvalue weighted by molar-refractivity contribution is 0.212. The fourth-order valence-corrected chi connectivity index (χ4v) is 2.79. The first kappa shape index (κ1) is 13.6. The van der Waals surface area contributed by atoms with Crippen LogP contribution in [0.5, 0.6) is 0 Å². The number of carbonyl (C=O) groups excluding carboxylic acids is 1. The van der Waals surface area contributed by atoms with Gasteiger partial charge in [-0.2, -0.15) is 5.10 Å². The van der Waals surface area contributed by atoms with E-state index in [-0.39, 0.29) is 6.03 Å². The Balaban J connectivity index is 1.45. The van der Waals surface area contributed by atoms with Crippen molar-refractivity contribution in [3.05, 3.63) is 78.1 Å². The third-order valence-electron chi connectivity index (χ3n) is 3.98. The molecule has 0 spiro atoms. The summed E-state index contributed by atoms with van der Waals surface area (Å²) >= 11 is 0. The molecule has 2 amide bonds. The molecular formula is C18H16N4O. The molecule has 0 bridgehead atoms. The van der Waals surface area contributed by atoms with Crippen molar-refractivity contribution < 1.29 is 4.79 Å². The Hall–Kier alpha value is -3.08. The number of fused-ring (bicyclic) bond motifs is 1. The highest BCUT2D eigenvalue weighted by molar-refractivity contribution is 5.89. The number of benzene rings is 2. The van der Waals surface area contributed by atoms with Gasteiger partial charge in [0.2, 0.25) is 0 Å². The summed E-state index contributed by atoms with van der Waals surface area (Å²) in [7, 11) is 0. The van der Waals surface area contributed by atoms with Gasteiger partial charge in [0, 0.05) is 13.1 Å². The van der Waals surface area contributed by atoms with E-state index >= 15 is 0 Å². The summed E-state index contributed by atoms with van der Waals surface area (Å²) in [5.74, 6) is 0. The largest absolute Gasteiger partial charge is 0.322 e. The molecule has 2 heterocycles. The topological polar surface area (TPSA) is 50.2 Å². The number of hydrogen-bond acceptors (Lipinski definition) is 2. The molecule has 3 aromatic rings. The maximum absolute atomic E-state index is 12.4. The summed E-state index contributed by atoms with van der Waals surface area (Å²) < 4.78 is 1.74. The molecule has 1 aliphatic heterocycles. The van der Waals surface area contributed by atoms with Crippen LogP contribution in [0, 0.1) is 0 Å². The van der Waals surface area contributed by atoms with Gasteiger partial charge in [-0.25, -0.2) is 9.48 Å². The maximum Gasteiger partial charge on any atom is 0.322 e. The van der Waals surface area contributed by atoms with Crippen molar-refractivity contribution in [3.8, 4) is 5.69 Å². The van der Waals surface area contributed by atoms with E-state index in [4.69, 9.17) is 0 Å². The Morgan fingerprint density at radius 1 is 0.957 bits per heavy atom. The molecule has 2 aromatic carbocycles. The van der Waals surface area contributed by atoms with Gasteiger partial charge in [-0.15, -0.1) is 0 Å². The van der Waals surface area contributed by atoms with Crippen LogP contribution in [0.25, 0.3) is 5.69 Å². The van der Waals surface area contributed by atoms with E-state index in [0.717, 1.165) is 5.69 Å². The summed E-state index contributed by atoms with van der Waals surface area (Å²) in [5, 5.41) is 7.20. The van der Waals surface area contributed by atoms with Crippen LogP contribution in [0.3, 0.4) is 0 Å². The molecule has 0 fully saturated rings. The predicted octanol–water partition coefficient (Wildman–Crippen LogP) is 3.42. The Morgan fingerprint density at radius 2 is 1.61 bits per heavy atom. The average Bonchev–Trinajstić information content (AvgIpc) is 3.22. The molecule has 1 aliphatic rings. The van der Waals surface area contributed by atoms with E-state index in [0.29, 0.717) is 18.8 Å². The van der Waals surface area contributed by atoms with Crippen LogP contribution in [0.2, 0.25) is 0 Å². The van der Waals surface area contributed by atoms with Crippen molar-refractivity contribution in [1.29, 1.82) is 0 Å². The van der Waals surface area contributed by atoms with Crippen molar-refractivity contribution in [1.82, 2.24) is 14.7 Å². The highest BCUT2D eigenvalue weighted by Crippen LogP contribution is 2.23. The molecule has 0 atom stereocenters. The molecule has 1 N–H and O–H groups in total. The van der Waals surface area contributed by atoms with Crippen LogP contribution in [0.4, 0.5) is 10.5 Å². The molecule has 23 heavy (non-hydrogen) atoms. The zero-order chi connectivity index (χ0) is 15.6. The van der Waals surface area contributed by atoms with Crippen molar-refractivity contribution >= 4 is 11.7 Å². The van der Waals surface area contributed by atoms with E-state index < -0.39 is 0 Å². The number of urea groups is 1. The molecular weight excluding hydrogens is 288 g/mol. The lowest BCUT2D eigenvalue weighted by Crippen LogP contribution is -2.30. The number of hydrogen-bond donors (Lipinski definition) is 1. The predicted molar refractivity (Wildman–Crippen MR) is 88.3 cm³/mol. The monoisotopic (exact) mass is 304 g/mol. The second-order valence-electron chi connectivity index (χ2n) is 5.56. The number of aromatic nitrogens is 2. The van der Waals surface area contributed by atoms with Crippen LogP contribution in [-0.4, -0.2) is 20.7 Å². The Labute approximate surface area is 134 Å². The molecule has 1 aromatic heterocycles. The van der Waals surface area contributed by atoms with Crippen molar-refractivity contribution in [2.75, 3.05) is 5.32 Å². The van der Waals surface area contributed by atoms with E-state index in [1.165, 1.54) is 11.1 Å². The fourth-order valence-electron chi connectivity index (χ4n) is 2.79. The molecule has 0 unspecified atom stereocenters. The lowest BCUT2D eigenvalue weighted by atomic mass is 10.1. The molecule has 4 rings (SSSR count). The van der Waals surface area contributed by atoms with Crippen LogP contribution < -0.4 is 5.32 Å². The summed E-state index contributed by atoms with van der Waals surface area (Å²) in [5.41, 5.74) is 4.07. The van der Waals surface area contributed by atoms with Gasteiger partial charge >= 0.3 is 6.03 Å². The van der Waals surface area contributed by atoms with Gasteiger partial charge in [-0.05, 0) is 23.3 Å². The number of nitrogens with one attached hydrogen (secondary N) is 1. The third kappa shape index (κ3) is 2.68. The first-order valence-electron chi connectivity index (χ1n) is 7.52. The van der Waals surface area contributed by atoms with Crippen LogP contribution >= 0.6 is 0 Å². The standard InChI is InChI=1S/C18H16N4O/c23-18(21-11-14-6-4-5-7-15(14)12-21)20-16-10-19-22(13-16)17-8-2-1-3-9-17/h1-10,13H,11-12H2,(H,20,23). The van der Waals surface area contributed by atoms with Gasteiger partial charge in [0.05, 0.1) is 23.8 Å². The molecule has 0 saturated heterocycles. The summed E-state index contributed by atoms with van der Waals surface area (Å²) in [4.78, 5) is 14.2. The highest BCUT2D eigenvalue weighted by atomic mass is 16.2. The number of para-hydroxylation sites is 1. The number of carbonyl (C=O) groups is 1. The van der Waals surface area contributed by atoms with Gasteiger partial charge in [-0.3, -0.25) is 0 Å². The van der Waals surface area contributed by atoms with Gasteiger partial charge in [-0.1, -0.05) is 42.5 Å². The third-order valence-corrected chi connectivity index (χ3v) is 3.98.